The van der Waals surface area contributed by atoms with Crippen LogP contribution < -0.4 is 10.5 Å². The lowest BCUT2D eigenvalue weighted by Crippen LogP contribution is -2.40. The lowest BCUT2D eigenvalue weighted by Gasteiger charge is -2.22. The molecule has 1 unspecified atom stereocenters. The van der Waals surface area contributed by atoms with Gasteiger partial charge in [0.25, 0.3) is 0 Å². The number of sulfonamides is 1. The Morgan fingerprint density at radius 3 is 2.90 bits per heavy atom. The fraction of sp³-hybridized carbons (Fsp3) is 0.571. The number of rotatable bonds is 6. The third-order valence-corrected chi connectivity index (χ3v) is 5.75. The number of halogens is 1. The summed E-state index contributed by atoms with van der Waals surface area (Å²) in [5, 5.41) is 0.490. The number of hydrogen-bond donors (Lipinski definition) is 2. The van der Waals surface area contributed by atoms with E-state index in [0.717, 1.165) is 25.9 Å². The van der Waals surface area contributed by atoms with Gasteiger partial charge in [0, 0.05) is 24.2 Å². The van der Waals surface area contributed by atoms with E-state index < -0.39 is 10.0 Å². The number of nitrogens with zero attached hydrogens (tertiary/aromatic N) is 1. The largest absolute Gasteiger partial charge is 0.326 e. The van der Waals surface area contributed by atoms with Gasteiger partial charge in [-0.25, -0.2) is 13.1 Å². The molecule has 1 aliphatic heterocycles. The van der Waals surface area contributed by atoms with Crippen molar-refractivity contribution in [2.45, 2.75) is 37.2 Å². The van der Waals surface area contributed by atoms with Crippen LogP contribution in [0.2, 0.25) is 5.02 Å². The monoisotopic (exact) mass is 331 g/mol. The second-order valence-electron chi connectivity index (χ2n) is 5.23. The van der Waals surface area contributed by atoms with Crippen molar-refractivity contribution >= 4 is 21.6 Å². The lowest BCUT2D eigenvalue weighted by molar-refractivity contribution is 0.268. The summed E-state index contributed by atoms with van der Waals surface area (Å²) < 4.78 is 27.4. The van der Waals surface area contributed by atoms with Crippen LogP contribution in [0.15, 0.2) is 23.1 Å². The van der Waals surface area contributed by atoms with Gasteiger partial charge >= 0.3 is 0 Å². The van der Waals surface area contributed by atoms with Crippen LogP contribution in [0.25, 0.3) is 0 Å². The number of likely N-dealkylation sites (N-methyl/N-ethyl adjacent to an activating group) is 1. The Hall–Kier alpha value is -0.660. The van der Waals surface area contributed by atoms with Crippen molar-refractivity contribution in [2.24, 2.45) is 5.73 Å². The summed E-state index contributed by atoms with van der Waals surface area (Å²) in [7, 11) is -3.52. The summed E-state index contributed by atoms with van der Waals surface area (Å²) in [5.74, 6) is 0. The third kappa shape index (κ3) is 3.96. The normalized spacial score (nSPS) is 20.0. The zero-order valence-corrected chi connectivity index (χ0v) is 13.8. The fourth-order valence-corrected chi connectivity index (χ4v) is 4.02. The van der Waals surface area contributed by atoms with Crippen LogP contribution >= 0.6 is 11.6 Å². The molecule has 0 saturated carbocycles. The average Bonchev–Trinajstić information content (AvgIpc) is 2.93. The molecular formula is C14H22ClN3O2S. The van der Waals surface area contributed by atoms with Crippen LogP contribution in [0, 0.1) is 0 Å². The van der Waals surface area contributed by atoms with E-state index in [-0.39, 0.29) is 17.5 Å². The van der Waals surface area contributed by atoms with Crippen LogP contribution in [0.4, 0.5) is 0 Å². The van der Waals surface area contributed by atoms with Crippen LogP contribution in [0.1, 0.15) is 25.3 Å². The highest BCUT2D eigenvalue weighted by atomic mass is 35.5. The second-order valence-corrected chi connectivity index (χ2v) is 7.41. The molecule has 0 aromatic heterocycles. The van der Waals surface area contributed by atoms with Crippen LogP contribution in [0.3, 0.4) is 0 Å². The summed E-state index contributed by atoms with van der Waals surface area (Å²) in [6, 6.07) is 4.91. The molecule has 0 radical (unpaired) electrons. The van der Waals surface area contributed by atoms with Crippen molar-refractivity contribution in [1.82, 2.24) is 9.62 Å². The minimum absolute atomic E-state index is 0.216. The van der Waals surface area contributed by atoms with E-state index in [0.29, 0.717) is 17.1 Å². The molecule has 1 saturated heterocycles. The maximum atomic E-state index is 12.3. The average molecular weight is 332 g/mol. The zero-order valence-electron chi connectivity index (χ0n) is 12.2. The molecule has 1 fully saturated rings. The van der Waals surface area contributed by atoms with Gasteiger partial charge in [0.15, 0.2) is 0 Å². The highest BCUT2D eigenvalue weighted by molar-refractivity contribution is 7.89. The Morgan fingerprint density at radius 2 is 2.24 bits per heavy atom. The predicted molar refractivity (Wildman–Crippen MR) is 84.8 cm³/mol. The molecule has 1 aromatic rings. The van der Waals surface area contributed by atoms with Gasteiger partial charge in [-0.05, 0) is 49.7 Å². The molecule has 1 aromatic carbocycles. The van der Waals surface area contributed by atoms with Gasteiger partial charge < -0.3 is 5.73 Å². The highest BCUT2D eigenvalue weighted by Gasteiger charge is 2.25. The molecule has 2 rings (SSSR count). The number of nitrogens with one attached hydrogen (secondary N) is 1. The van der Waals surface area contributed by atoms with Crippen LogP contribution in [-0.2, 0) is 16.6 Å². The maximum absolute atomic E-state index is 12.3. The molecule has 0 amide bonds. The SMILES string of the molecule is CCN1CCCC1CNS(=O)(=O)c1ccc(Cl)c(CN)c1. The Labute approximate surface area is 131 Å². The first-order chi connectivity index (χ1) is 9.97. The zero-order chi connectivity index (χ0) is 15.5. The lowest BCUT2D eigenvalue weighted by atomic mass is 10.2. The molecule has 5 nitrogen and oxygen atoms in total. The van der Waals surface area contributed by atoms with Crippen molar-refractivity contribution in [2.75, 3.05) is 19.6 Å². The van der Waals surface area contributed by atoms with Gasteiger partial charge in [0.1, 0.15) is 0 Å². The summed E-state index contributed by atoms with van der Waals surface area (Å²) in [5.41, 5.74) is 6.20. The van der Waals surface area contributed by atoms with Crippen LogP contribution in [0.5, 0.6) is 0 Å². The van der Waals surface area contributed by atoms with Crippen molar-refractivity contribution < 1.29 is 8.42 Å². The van der Waals surface area contributed by atoms with Gasteiger partial charge in [-0.3, -0.25) is 4.90 Å². The second kappa shape index (κ2) is 7.07. The van der Waals surface area contributed by atoms with Crippen molar-refractivity contribution in [3.63, 3.8) is 0 Å². The summed E-state index contributed by atoms with van der Waals surface area (Å²) >= 11 is 5.96. The number of benzene rings is 1. The first-order valence-corrected chi connectivity index (χ1v) is 9.06. The third-order valence-electron chi connectivity index (χ3n) is 3.96. The minimum atomic E-state index is -3.52. The number of nitrogens with two attached hydrogens (primary N) is 1. The molecule has 1 heterocycles. The van der Waals surface area contributed by atoms with E-state index in [1.165, 1.54) is 12.1 Å². The van der Waals surface area contributed by atoms with E-state index >= 15 is 0 Å². The summed E-state index contributed by atoms with van der Waals surface area (Å²) in [4.78, 5) is 2.52. The topological polar surface area (TPSA) is 75.4 Å². The molecule has 118 valence electrons. The summed E-state index contributed by atoms with van der Waals surface area (Å²) in [6.07, 6.45) is 2.16. The summed E-state index contributed by atoms with van der Waals surface area (Å²) in [6.45, 7) is 4.75. The Kier molecular flexibility index (Phi) is 5.62. The van der Waals surface area contributed by atoms with Crippen molar-refractivity contribution in [3.8, 4) is 0 Å². The van der Waals surface area contributed by atoms with Gasteiger partial charge in [0.05, 0.1) is 4.90 Å². The fourth-order valence-electron chi connectivity index (χ4n) is 2.71. The van der Waals surface area contributed by atoms with E-state index in [1.54, 1.807) is 6.07 Å². The van der Waals surface area contributed by atoms with Gasteiger partial charge in [-0.15, -0.1) is 0 Å². The molecule has 0 aliphatic carbocycles. The maximum Gasteiger partial charge on any atom is 0.240 e. The minimum Gasteiger partial charge on any atom is -0.326 e. The van der Waals surface area contributed by atoms with Crippen molar-refractivity contribution in [3.05, 3.63) is 28.8 Å². The molecule has 21 heavy (non-hydrogen) atoms. The predicted octanol–water partition coefficient (Wildman–Crippen LogP) is 1.56. The smallest absolute Gasteiger partial charge is 0.240 e. The molecule has 0 spiro atoms. The van der Waals surface area contributed by atoms with Crippen molar-refractivity contribution in [1.29, 1.82) is 0 Å². The molecule has 1 atom stereocenters. The molecule has 3 N–H and O–H groups in total. The van der Waals surface area contributed by atoms with Crippen LogP contribution in [-0.4, -0.2) is 39.0 Å². The number of likely N-dealkylation sites (tertiary alicyclic amines) is 1. The van der Waals surface area contributed by atoms with E-state index in [1.807, 2.05) is 0 Å². The van der Waals surface area contributed by atoms with Gasteiger partial charge in [0.2, 0.25) is 10.0 Å². The highest BCUT2D eigenvalue weighted by Crippen LogP contribution is 2.21. The molecule has 1 aliphatic rings. The van der Waals surface area contributed by atoms with E-state index in [2.05, 4.69) is 16.5 Å². The molecule has 0 bridgehead atoms. The van der Waals surface area contributed by atoms with Gasteiger partial charge in [-0.1, -0.05) is 18.5 Å². The first-order valence-electron chi connectivity index (χ1n) is 7.20. The Bertz CT molecular complexity index is 592. The van der Waals surface area contributed by atoms with E-state index in [9.17, 15) is 8.42 Å². The quantitative estimate of drug-likeness (QED) is 0.829. The molecule has 7 heteroatoms. The Morgan fingerprint density at radius 1 is 1.48 bits per heavy atom. The van der Waals surface area contributed by atoms with Gasteiger partial charge in [-0.2, -0.15) is 0 Å². The standard InChI is InChI=1S/C14H22ClN3O2S/c1-2-18-7-3-4-12(18)10-17-21(19,20)13-5-6-14(15)11(8-13)9-16/h5-6,8,12,17H,2-4,7,9-10,16H2,1H3. The number of hydrogen-bond acceptors (Lipinski definition) is 4. The Balaban J connectivity index is 2.08. The first kappa shape index (κ1) is 16.7. The molecular weight excluding hydrogens is 310 g/mol. The van der Waals surface area contributed by atoms with E-state index in [4.69, 9.17) is 17.3 Å².